The highest BCUT2D eigenvalue weighted by Crippen LogP contribution is 2.31. The molecule has 1 atom stereocenters. The average molecular weight is 266 g/mol. The van der Waals surface area contributed by atoms with Crippen molar-refractivity contribution in [3.05, 3.63) is 60.2 Å². The minimum Gasteiger partial charge on any atom is -0.389 e. The third-order valence-electron chi connectivity index (χ3n) is 3.19. The van der Waals surface area contributed by atoms with Gasteiger partial charge in [0.25, 0.3) is 0 Å². The van der Waals surface area contributed by atoms with Crippen molar-refractivity contribution in [2.75, 3.05) is 11.4 Å². The summed E-state index contributed by atoms with van der Waals surface area (Å²) in [5.74, 6) is 0. The smallest absolute Gasteiger partial charge is 0.0782 e. The SMILES string of the molecule is CC(O)c1ccccc1N(CCC#N)c1ccccc1. The lowest BCUT2D eigenvalue weighted by Crippen LogP contribution is -2.20. The van der Waals surface area contributed by atoms with Gasteiger partial charge in [0, 0.05) is 23.5 Å². The second-order valence-corrected chi connectivity index (χ2v) is 4.63. The van der Waals surface area contributed by atoms with Crippen LogP contribution < -0.4 is 4.90 Å². The molecule has 0 heterocycles. The molecule has 0 aromatic heterocycles. The molecule has 0 aliphatic carbocycles. The van der Waals surface area contributed by atoms with Gasteiger partial charge in [0.2, 0.25) is 0 Å². The molecule has 0 fully saturated rings. The molecule has 3 heteroatoms. The summed E-state index contributed by atoms with van der Waals surface area (Å²) in [7, 11) is 0. The van der Waals surface area contributed by atoms with E-state index < -0.39 is 6.10 Å². The Morgan fingerprint density at radius 3 is 2.40 bits per heavy atom. The van der Waals surface area contributed by atoms with E-state index in [-0.39, 0.29) is 0 Å². The summed E-state index contributed by atoms with van der Waals surface area (Å²) in [6.45, 7) is 2.36. The van der Waals surface area contributed by atoms with Crippen LogP contribution in [-0.2, 0) is 0 Å². The van der Waals surface area contributed by atoms with Gasteiger partial charge >= 0.3 is 0 Å². The van der Waals surface area contributed by atoms with Crippen molar-refractivity contribution in [1.82, 2.24) is 0 Å². The number of anilines is 2. The van der Waals surface area contributed by atoms with E-state index >= 15 is 0 Å². The molecular formula is C17H18N2O. The zero-order valence-corrected chi connectivity index (χ0v) is 11.5. The zero-order valence-electron chi connectivity index (χ0n) is 11.5. The Morgan fingerprint density at radius 1 is 1.10 bits per heavy atom. The summed E-state index contributed by atoms with van der Waals surface area (Å²) in [6.07, 6.45) is -0.109. The number of hydrogen-bond donors (Lipinski definition) is 1. The van der Waals surface area contributed by atoms with E-state index in [0.717, 1.165) is 16.9 Å². The molecular weight excluding hydrogens is 248 g/mol. The molecule has 0 saturated carbocycles. The molecule has 20 heavy (non-hydrogen) atoms. The van der Waals surface area contributed by atoms with Crippen LogP contribution in [0.3, 0.4) is 0 Å². The maximum absolute atomic E-state index is 9.93. The Balaban J connectivity index is 2.45. The maximum atomic E-state index is 9.93. The Bertz CT molecular complexity index is 587. The fraction of sp³-hybridized carbons (Fsp3) is 0.235. The van der Waals surface area contributed by atoms with Gasteiger partial charge in [-0.15, -0.1) is 0 Å². The van der Waals surface area contributed by atoms with E-state index in [1.54, 1.807) is 6.92 Å². The quantitative estimate of drug-likeness (QED) is 0.895. The second-order valence-electron chi connectivity index (χ2n) is 4.63. The van der Waals surface area contributed by atoms with Crippen LogP contribution in [0.4, 0.5) is 11.4 Å². The first kappa shape index (κ1) is 14.1. The monoisotopic (exact) mass is 266 g/mol. The summed E-state index contributed by atoms with van der Waals surface area (Å²) >= 11 is 0. The maximum Gasteiger partial charge on any atom is 0.0782 e. The van der Waals surface area contributed by atoms with Gasteiger partial charge in [-0.05, 0) is 25.1 Å². The Labute approximate surface area is 119 Å². The Morgan fingerprint density at radius 2 is 1.75 bits per heavy atom. The molecule has 2 aromatic carbocycles. The predicted molar refractivity (Wildman–Crippen MR) is 80.8 cm³/mol. The molecule has 2 rings (SSSR count). The van der Waals surface area contributed by atoms with Gasteiger partial charge in [-0.1, -0.05) is 36.4 Å². The Hall–Kier alpha value is -2.31. The number of benzene rings is 2. The molecule has 0 spiro atoms. The van der Waals surface area contributed by atoms with Crippen molar-refractivity contribution >= 4 is 11.4 Å². The first-order valence-electron chi connectivity index (χ1n) is 6.70. The van der Waals surface area contributed by atoms with Gasteiger partial charge in [-0.25, -0.2) is 0 Å². The first-order chi connectivity index (χ1) is 9.74. The third kappa shape index (κ3) is 3.17. The number of hydrogen-bond acceptors (Lipinski definition) is 3. The van der Waals surface area contributed by atoms with E-state index in [1.165, 1.54) is 0 Å². The van der Waals surface area contributed by atoms with Crippen molar-refractivity contribution in [3.8, 4) is 6.07 Å². The molecule has 2 aromatic rings. The van der Waals surface area contributed by atoms with E-state index in [0.29, 0.717) is 13.0 Å². The van der Waals surface area contributed by atoms with Crippen LogP contribution in [0.2, 0.25) is 0 Å². The zero-order chi connectivity index (χ0) is 14.4. The number of rotatable bonds is 5. The molecule has 0 aliphatic rings. The van der Waals surface area contributed by atoms with Gasteiger partial charge in [-0.3, -0.25) is 0 Å². The highest BCUT2D eigenvalue weighted by atomic mass is 16.3. The normalized spacial score (nSPS) is 11.7. The number of nitriles is 1. The van der Waals surface area contributed by atoms with Crippen molar-refractivity contribution in [2.45, 2.75) is 19.4 Å². The van der Waals surface area contributed by atoms with Gasteiger partial charge in [0.1, 0.15) is 0 Å². The number of para-hydroxylation sites is 2. The fourth-order valence-corrected chi connectivity index (χ4v) is 2.24. The molecule has 1 unspecified atom stereocenters. The van der Waals surface area contributed by atoms with Gasteiger partial charge in [0.15, 0.2) is 0 Å². The highest BCUT2D eigenvalue weighted by Gasteiger charge is 2.15. The summed E-state index contributed by atoms with van der Waals surface area (Å²) in [6, 6.07) is 19.9. The van der Waals surface area contributed by atoms with Gasteiger partial charge < -0.3 is 10.0 Å². The van der Waals surface area contributed by atoms with Crippen LogP contribution in [0.5, 0.6) is 0 Å². The van der Waals surface area contributed by atoms with E-state index in [1.807, 2.05) is 54.6 Å². The molecule has 0 radical (unpaired) electrons. The van der Waals surface area contributed by atoms with Gasteiger partial charge in [-0.2, -0.15) is 5.26 Å². The number of aliphatic hydroxyl groups excluding tert-OH is 1. The number of aliphatic hydroxyl groups is 1. The topological polar surface area (TPSA) is 47.3 Å². The molecule has 102 valence electrons. The minimum absolute atomic E-state index is 0.434. The lowest BCUT2D eigenvalue weighted by Gasteiger charge is -2.27. The van der Waals surface area contributed by atoms with Gasteiger partial charge in [0.05, 0.1) is 18.6 Å². The Kier molecular flexibility index (Phi) is 4.75. The van der Waals surface area contributed by atoms with Crippen LogP contribution in [0.25, 0.3) is 0 Å². The molecule has 3 nitrogen and oxygen atoms in total. The highest BCUT2D eigenvalue weighted by molar-refractivity contribution is 5.66. The molecule has 0 saturated heterocycles. The standard InChI is InChI=1S/C17H18N2O/c1-14(20)16-10-5-6-11-17(16)19(13-7-12-18)15-8-3-2-4-9-15/h2-6,8-11,14,20H,7,13H2,1H3. The van der Waals surface area contributed by atoms with Crippen molar-refractivity contribution in [2.24, 2.45) is 0 Å². The van der Waals surface area contributed by atoms with Crippen LogP contribution >= 0.6 is 0 Å². The van der Waals surface area contributed by atoms with Crippen molar-refractivity contribution < 1.29 is 5.11 Å². The van der Waals surface area contributed by atoms with Crippen LogP contribution in [0.1, 0.15) is 25.0 Å². The number of nitrogens with zero attached hydrogens (tertiary/aromatic N) is 2. The van der Waals surface area contributed by atoms with Crippen LogP contribution in [-0.4, -0.2) is 11.7 Å². The van der Waals surface area contributed by atoms with E-state index in [9.17, 15) is 5.11 Å². The minimum atomic E-state index is -0.542. The van der Waals surface area contributed by atoms with Crippen molar-refractivity contribution in [3.63, 3.8) is 0 Å². The lowest BCUT2D eigenvalue weighted by molar-refractivity contribution is 0.199. The average Bonchev–Trinajstić information content (AvgIpc) is 2.49. The lowest BCUT2D eigenvalue weighted by atomic mass is 10.1. The summed E-state index contributed by atoms with van der Waals surface area (Å²) in [5, 5.41) is 18.8. The van der Waals surface area contributed by atoms with Crippen molar-refractivity contribution in [1.29, 1.82) is 5.26 Å². The van der Waals surface area contributed by atoms with Crippen LogP contribution in [0.15, 0.2) is 54.6 Å². The molecule has 0 bridgehead atoms. The summed E-state index contributed by atoms with van der Waals surface area (Å²) in [4.78, 5) is 2.07. The molecule has 0 amide bonds. The predicted octanol–water partition coefficient (Wildman–Crippen LogP) is 3.79. The van der Waals surface area contributed by atoms with E-state index in [2.05, 4.69) is 11.0 Å². The third-order valence-corrected chi connectivity index (χ3v) is 3.19. The summed E-state index contributed by atoms with van der Waals surface area (Å²) in [5.41, 5.74) is 2.84. The molecule has 0 aliphatic heterocycles. The van der Waals surface area contributed by atoms with Crippen LogP contribution in [0, 0.1) is 11.3 Å². The first-order valence-corrected chi connectivity index (χ1v) is 6.70. The second kappa shape index (κ2) is 6.74. The fourth-order valence-electron chi connectivity index (χ4n) is 2.24. The largest absolute Gasteiger partial charge is 0.389 e. The summed E-state index contributed by atoms with van der Waals surface area (Å²) < 4.78 is 0. The van der Waals surface area contributed by atoms with E-state index in [4.69, 9.17) is 5.26 Å². The molecule has 1 N–H and O–H groups in total.